The van der Waals surface area contributed by atoms with E-state index in [-0.39, 0.29) is 11.5 Å². The molecule has 0 aromatic heterocycles. The van der Waals surface area contributed by atoms with Crippen LogP contribution in [0.4, 0.5) is 5.69 Å². The van der Waals surface area contributed by atoms with Crippen molar-refractivity contribution < 1.29 is 0 Å². The summed E-state index contributed by atoms with van der Waals surface area (Å²) in [5, 5.41) is 9.98. The Morgan fingerprint density at radius 2 is 2.18 bits per heavy atom. The van der Waals surface area contributed by atoms with Crippen molar-refractivity contribution in [3.05, 3.63) is 28.8 Å². The summed E-state index contributed by atoms with van der Waals surface area (Å²) in [5.74, 6) is 0.0841. The van der Waals surface area contributed by atoms with E-state index >= 15 is 0 Å². The van der Waals surface area contributed by atoms with Crippen LogP contribution in [0.2, 0.25) is 5.02 Å². The van der Waals surface area contributed by atoms with Gasteiger partial charge in [-0.05, 0) is 44.9 Å². The number of rotatable bonds is 1. The Kier molecular flexibility index (Phi) is 3.05. The molecule has 0 spiro atoms. The van der Waals surface area contributed by atoms with E-state index in [1.165, 1.54) is 0 Å². The molecular weight excluding hydrogens is 232 g/mol. The quantitative estimate of drug-likeness (QED) is 0.756. The van der Waals surface area contributed by atoms with Gasteiger partial charge in [0, 0.05) is 17.3 Å². The van der Waals surface area contributed by atoms with E-state index in [4.69, 9.17) is 11.6 Å². The normalized spacial score (nSPS) is 22.5. The molecule has 2 rings (SSSR count). The van der Waals surface area contributed by atoms with Crippen molar-refractivity contribution in [2.45, 2.75) is 32.7 Å². The molecule has 2 nitrogen and oxygen atoms in total. The molecule has 1 fully saturated rings. The summed E-state index contributed by atoms with van der Waals surface area (Å²) in [4.78, 5) is 2.31. The fourth-order valence-corrected chi connectivity index (χ4v) is 2.80. The molecule has 90 valence electrons. The minimum atomic E-state index is -0.121. The summed E-state index contributed by atoms with van der Waals surface area (Å²) in [7, 11) is 0. The average molecular weight is 249 g/mol. The molecule has 0 amide bonds. The van der Waals surface area contributed by atoms with Crippen molar-refractivity contribution in [2.24, 2.45) is 5.92 Å². The SMILES string of the molecule is Cc1c(Cl)cccc1N1CCC(C#N)C1(C)C. The Morgan fingerprint density at radius 3 is 2.76 bits per heavy atom. The standard InChI is InChI=1S/C14H17ClN2/c1-10-12(15)5-4-6-13(10)17-8-7-11(9-16)14(17,2)3/h4-6,11H,7-8H2,1-3H3. The zero-order valence-electron chi connectivity index (χ0n) is 10.5. The van der Waals surface area contributed by atoms with Crippen LogP contribution in [0.25, 0.3) is 0 Å². The first-order valence-electron chi connectivity index (χ1n) is 5.91. The van der Waals surface area contributed by atoms with Gasteiger partial charge in [-0.1, -0.05) is 17.7 Å². The zero-order valence-corrected chi connectivity index (χ0v) is 11.3. The lowest BCUT2D eigenvalue weighted by Crippen LogP contribution is -2.42. The Balaban J connectivity index is 2.43. The number of nitrogens with zero attached hydrogens (tertiary/aromatic N) is 2. The summed E-state index contributed by atoms with van der Waals surface area (Å²) in [5.41, 5.74) is 2.13. The molecule has 1 aromatic carbocycles. The van der Waals surface area contributed by atoms with Gasteiger partial charge < -0.3 is 4.90 Å². The molecule has 1 aromatic rings. The van der Waals surface area contributed by atoms with E-state index < -0.39 is 0 Å². The van der Waals surface area contributed by atoms with Gasteiger partial charge in [-0.25, -0.2) is 0 Å². The monoisotopic (exact) mass is 248 g/mol. The topological polar surface area (TPSA) is 27.0 Å². The highest BCUT2D eigenvalue weighted by atomic mass is 35.5. The Morgan fingerprint density at radius 1 is 1.47 bits per heavy atom. The molecule has 0 bridgehead atoms. The molecule has 3 heteroatoms. The van der Waals surface area contributed by atoms with Crippen LogP contribution in [0.15, 0.2) is 18.2 Å². The molecule has 1 atom stereocenters. The van der Waals surface area contributed by atoms with Crippen LogP contribution in [-0.2, 0) is 0 Å². The van der Waals surface area contributed by atoms with Gasteiger partial charge in [-0.15, -0.1) is 0 Å². The van der Waals surface area contributed by atoms with Crippen LogP contribution in [0, 0.1) is 24.2 Å². The maximum absolute atomic E-state index is 9.19. The average Bonchev–Trinajstić information content (AvgIpc) is 2.57. The van der Waals surface area contributed by atoms with Crippen molar-refractivity contribution in [3.63, 3.8) is 0 Å². The number of benzene rings is 1. The van der Waals surface area contributed by atoms with Crippen molar-refractivity contribution >= 4 is 17.3 Å². The van der Waals surface area contributed by atoms with Crippen LogP contribution in [0.3, 0.4) is 0 Å². The van der Waals surface area contributed by atoms with Gasteiger partial charge in [-0.2, -0.15) is 5.26 Å². The van der Waals surface area contributed by atoms with Crippen LogP contribution in [-0.4, -0.2) is 12.1 Å². The number of anilines is 1. The van der Waals surface area contributed by atoms with Gasteiger partial charge in [0.1, 0.15) is 0 Å². The molecule has 1 aliphatic rings. The highest BCUT2D eigenvalue weighted by Gasteiger charge is 2.41. The zero-order chi connectivity index (χ0) is 12.6. The lowest BCUT2D eigenvalue weighted by molar-refractivity contribution is 0.438. The first kappa shape index (κ1) is 12.3. The Labute approximate surface area is 108 Å². The number of halogens is 1. The third-order valence-corrected chi connectivity index (χ3v) is 4.29. The molecule has 1 unspecified atom stereocenters. The van der Waals surface area contributed by atoms with Gasteiger partial charge in [-0.3, -0.25) is 0 Å². The first-order valence-corrected chi connectivity index (χ1v) is 6.28. The van der Waals surface area contributed by atoms with Crippen LogP contribution in [0.1, 0.15) is 25.8 Å². The highest BCUT2D eigenvalue weighted by Crippen LogP contribution is 2.40. The lowest BCUT2D eigenvalue weighted by Gasteiger charge is -2.36. The summed E-state index contributed by atoms with van der Waals surface area (Å²) < 4.78 is 0. The molecule has 0 saturated carbocycles. The van der Waals surface area contributed by atoms with Gasteiger partial charge in [0.2, 0.25) is 0 Å². The van der Waals surface area contributed by atoms with E-state index in [1.807, 2.05) is 19.1 Å². The van der Waals surface area contributed by atoms with Crippen molar-refractivity contribution in [1.29, 1.82) is 5.26 Å². The third kappa shape index (κ3) is 1.89. The van der Waals surface area contributed by atoms with Gasteiger partial charge in [0.05, 0.1) is 17.5 Å². The predicted molar refractivity (Wildman–Crippen MR) is 71.3 cm³/mol. The van der Waals surface area contributed by atoms with E-state index in [9.17, 15) is 5.26 Å². The molecule has 0 N–H and O–H groups in total. The van der Waals surface area contributed by atoms with Gasteiger partial charge in [0.15, 0.2) is 0 Å². The van der Waals surface area contributed by atoms with Gasteiger partial charge in [0.25, 0.3) is 0 Å². The number of hydrogen-bond acceptors (Lipinski definition) is 2. The van der Waals surface area contributed by atoms with E-state index in [2.05, 4.69) is 30.9 Å². The van der Waals surface area contributed by atoms with Crippen molar-refractivity contribution in [3.8, 4) is 6.07 Å². The highest BCUT2D eigenvalue weighted by molar-refractivity contribution is 6.31. The predicted octanol–water partition coefficient (Wildman–Crippen LogP) is 3.78. The fourth-order valence-electron chi connectivity index (χ4n) is 2.63. The molecule has 1 aliphatic heterocycles. The van der Waals surface area contributed by atoms with Crippen LogP contribution < -0.4 is 4.90 Å². The summed E-state index contributed by atoms with van der Waals surface area (Å²) in [6.07, 6.45) is 0.926. The molecule has 17 heavy (non-hydrogen) atoms. The van der Waals surface area contributed by atoms with E-state index in [0.29, 0.717) is 0 Å². The molecule has 0 radical (unpaired) electrons. The second kappa shape index (κ2) is 4.23. The second-order valence-electron chi connectivity index (χ2n) is 5.16. The van der Waals surface area contributed by atoms with Crippen LogP contribution >= 0.6 is 11.6 Å². The second-order valence-corrected chi connectivity index (χ2v) is 5.57. The molecule has 1 saturated heterocycles. The summed E-state index contributed by atoms with van der Waals surface area (Å²) >= 11 is 6.16. The minimum absolute atomic E-state index is 0.0841. The molecule has 1 heterocycles. The van der Waals surface area contributed by atoms with Crippen molar-refractivity contribution in [1.82, 2.24) is 0 Å². The fraction of sp³-hybridized carbons (Fsp3) is 0.500. The lowest BCUT2D eigenvalue weighted by atomic mass is 9.89. The maximum atomic E-state index is 9.19. The van der Waals surface area contributed by atoms with E-state index in [1.54, 1.807) is 0 Å². The Bertz CT molecular complexity index is 474. The smallest absolute Gasteiger partial charge is 0.0706 e. The third-order valence-electron chi connectivity index (χ3n) is 3.88. The number of hydrogen-bond donors (Lipinski definition) is 0. The van der Waals surface area contributed by atoms with E-state index in [0.717, 1.165) is 29.2 Å². The maximum Gasteiger partial charge on any atom is 0.0706 e. The summed E-state index contributed by atoms with van der Waals surface area (Å²) in [6, 6.07) is 8.38. The summed E-state index contributed by atoms with van der Waals surface area (Å²) in [6.45, 7) is 7.22. The molecule has 0 aliphatic carbocycles. The largest absolute Gasteiger partial charge is 0.365 e. The van der Waals surface area contributed by atoms with Crippen molar-refractivity contribution in [2.75, 3.05) is 11.4 Å². The van der Waals surface area contributed by atoms with Crippen LogP contribution in [0.5, 0.6) is 0 Å². The Hall–Kier alpha value is -1.20. The first-order chi connectivity index (χ1) is 7.98. The molecular formula is C14H17ClN2. The minimum Gasteiger partial charge on any atom is -0.365 e. The number of nitriles is 1. The van der Waals surface area contributed by atoms with Gasteiger partial charge >= 0.3 is 0 Å².